The van der Waals surface area contributed by atoms with Crippen LogP contribution in [0.3, 0.4) is 0 Å². The van der Waals surface area contributed by atoms with E-state index in [1.54, 1.807) is 30.3 Å². The van der Waals surface area contributed by atoms with Crippen molar-refractivity contribution in [3.63, 3.8) is 0 Å². The van der Waals surface area contributed by atoms with E-state index in [-0.39, 0.29) is 25.8 Å². The summed E-state index contributed by atoms with van der Waals surface area (Å²) in [6.45, 7) is 5.33. The molecule has 0 radical (unpaired) electrons. The van der Waals surface area contributed by atoms with Crippen molar-refractivity contribution in [3.05, 3.63) is 35.9 Å². The van der Waals surface area contributed by atoms with Gasteiger partial charge in [-0.2, -0.15) is 0 Å². The molecule has 1 aromatic carbocycles. The number of benzene rings is 1. The lowest BCUT2D eigenvalue weighted by Gasteiger charge is -2.08. The van der Waals surface area contributed by atoms with Gasteiger partial charge in [0.05, 0.1) is 52.9 Å². The molecule has 0 N–H and O–H groups in total. The molecule has 0 bridgehead atoms. The Morgan fingerprint density at radius 1 is 0.618 bits per heavy atom. The summed E-state index contributed by atoms with van der Waals surface area (Å²) in [5.41, 5.74) is 0.296. The first kappa shape index (κ1) is 29.7. The largest absolute Gasteiger partial charge is 0.463 e. The third-order valence-corrected chi connectivity index (χ3v) is 4.52. The van der Waals surface area contributed by atoms with Crippen molar-refractivity contribution < 1.29 is 42.8 Å². The molecule has 0 saturated carbocycles. The molecule has 0 aromatic heterocycles. The van der Waals surface area contributed by atoms with E-state index >= 15 is 0 Å². The molecule has 1 rings (SSSR count). The number of rotatable bonds is 22. The highest BCUT2D eigenvalue weighted by molar-refractivity contribution is 6.40. The molecular formula is C25H38O9. The van der Waals surface area contributed by atoms with Gasteiger partial charge in [-0.3, -0.25) is 9.59 Å². The van der Waals surface area contributed by atoms with E-state index in [9.17, 15) is 14.4 Å². The van der Waals surface area contributed by atoms with Gasteiger partial charge in [-0.1, -0.05) is 56.5 Å². The van der Waals surface area contributed by atoms with Gasteiger partial charge in [0.2, 0.25) is 0 Å². The molecule has 1 aromatic rings. The lowest BCUT2D eigenvalue weighted by atomic mass is 10.1. The SMILES string of the molecule is CCCCCCC(=O)OCCOCCOCCOCCOCCOC(=O)C(=O)c1ccccc1. The minimum absolute atomic E-state index is 0.00131. The Morgan fingerprint density at radius 3 is 1.65 bits per heavy atom. The Labute approximate surface area is 202 Å². The summed E-state index contributed by atoms with van der Waals surface area (Å²) in [6.07, 6.45) is 4.70. The molecule has 0 saturated heterocycles. The van der Waals surface area contributed by atoms with Crippen LogP contribution in [-0.2, 0) is 38.0 Å². The number of hydrogen-bond acceptors (Lipinski definition) is 9. The molecule has 192 valence electrons. The first-order valence-electron chi connectivity index (χ1n) is 11.9. The average Bonchev–Trinajstić information content (AvgIpc) is 2.86. The van der Waals surface area contributed by atoms with Crippen LogP contribution in [0.1, 0.15) is 49.4 Å². The lowest BCUT2D eigenvalue weighted by Crippen LogP contribution is -2.20. The van der Waals surface area contributed by atoms with Crippen molar-refractivity contribution in [2.45, 2.75) is 39.0 Å². The number of esters is 2. The molecule has 9 nitrogen and oxygen atoms in total. The maximum absolute atomic E-state index is 11.8. The molecule has 0 atom stereocenters. The maximum atomic E-state index is 11.8. The maximum Gasteiger partial charge on any atom is 0.379 e. The minimum atomic E-state index is -0.897. The molecule has 0 amide bonds. The van der Waals surface area contributed by atoms with Gasteiger partial charge in [-0.15, -0.1) is 0 Å². The fourth-order valence-corrected chi connectivity index (χ4v) is 2.71. The number of Topliss-reactive ketones (excluding diaryl/α,β-unsaturated/α-hetero) is 1. The van der Waals surface area contributed by atoms with Crippen LogP contribution in [0.25, 0.3) is 0 Å². The molecular weight excluding hydrogens is 444 g/mol. The average molecular weight is 483 g/mol. The third kappa shape index (κ3) is 16.3. The van der Waals surface area contributed by atoms with Gasteiger partial charge < -0.3 is 28.4 Å². The lowest BCUT2D eigenvalue weighted by molar-refractivity contribution is -0.145. The van der Waals surface area contributed by atoms with Crippen LogP contribution in [0.5, 0.6) is 0 Å². The second kappa shape index (κ2) is 21.2. The van der Waals surface area contributed by atoms with Crippen molar-refractivity contribution >= 4 is 17.7 Å². The monoisotopic (exact) mass is 482 g/mol. The molecule has 0 heterocycles. The number of ether oxygens (including phenoxy) is 6. The zero-order chi connectivity index (χ0) is 24.7. The Balaban J connectivity index is 1.79. The highest BCUT2D eigenvalue weighted by Crippen LogP contribution is 2.03. The number of hydrogen-bond donors (Lipinski definition) is 0. The highest BCUT2D eigenvalue weighted by Gasteiger charge is 2.17. The molecule has 0 aliphatic rings. The third-order valence-electron chi connectivity index (χ3n) is 4.52. The van der Waals surface area contributed by atoms with E-state index in [1.165, 1.54) is 0 Å². The molecule has 34 heavy (non-hydrogen) atoms. The van der Waals surface area contributed by atoms with Crippen LogP contribution in [0.4, 0.5) is 0 Å². The van der Waals surface area contributed by atoms with Crippen LogP contribution < -0.4 is 0 Å². The minimum Gasteiger partial charge on any atom is -0.463 e. The summed E-state index contributed by atoms with van der Waals surface area (Å²) in [7, 11) is 0. The Bertz CT molecular complexity index is 664. The zero-order valence-corrected chi connectivity index (χ0v) is 20.2. The highest BCUT2D eigenvalue weighted by atomic mass is 16.6. The number of carbonyl (C=O) groups excluding carboxylic acids is 3. The fourth-order valence-electron chi connectivity index (χ4n) is 2.71. The van der Waals surface area contributed by atoms with Gasteiger partial charge in [0.25, 0.3) is 5.78 Å². The first-order chi connectivity index (χ1) is 16.6. The molecule has 0 fully saturated rings. The summed E-state index contributed by atoms with van der Waals surface area (Å²) < 4.78 is 31.4. The van der Waals surface area contributed by atoms with Gasteiger partial charge in [0.1, 0.15) is 13.2 Å². The summed E-state index contributed by atoms with van der Waals surface area (Å²) in [5, 5.41) is 0. The number of carbonyl (C=O) groups is 3. The van der Waals surface area contributed by atoms with Crippen molar-refractivity contribution in [1.82, 2.24) is 0 Å². The van der Waals surface area contributed by atoms with E-state index in [2.05, 4.69) is 6.92 Å². The van der Waals surface area contributed by atoms with Crippen LogP contribution in [-0.4, -0.2) is 83.8 Å². The second-order valence-corrected chi connectivity index (χ2v) is 7.31. The predicted octanol–water partition coefficient (Wildman–Crippen LogP) is 2.99. The van der Waals surface area contributed by atoms with Gasteiger partial charge in [0, 0.05) is 12.0 Å². The summed E-state index contributed by atoms with van der Waals surface area (Å²) in [4.78, 5) is 35.0. The summed E-state index contributed by atoms with van der Waals surface area (Å²) >= 11 is 0. The van der Waals surface area contributed by atoms with E-state index in [0.29, 0.717) is 58.2 Å². The molecule has 0 aliphatic carbocycles. The van der Waals surface area contributed by atoms with Crippen molar-refractivity contribution in [1.29, 1.82) is 0 Å². The molecule has 0 aliphatic heterocycles. The van der Waals surface area contributed by atoms with Crippen molar-refractivity contribution in [2.24, 2.45) is 0 Å². The smallest absolute Gasteiger partial charge is 0.379 e. The second-order valence-electron chi connectivity index (χ2n) is 7.31. The molecule has 0 spiro atoms. The molecule has 9 heteroatoms. The standard InChI is InChI=1S/C25H38O9/c1-2-3-4-8-11-23(26)33-20-18-31-16-14-29-12-13-30-15-17-32-19-21-34-25(28)24(27)22-9-6-5-7-10-22/h5-7,9-10H,2-4,8,11-21H2,1H3. The fraction of sp³-hybridized carbons (Fsp3) is 0.640. The van der Waals surface area contributed by atoms with Crippen molar-refractivity contribution in [3.8, 4) is 0 Å². The zero-order valence-electron chi connectivity index (χ0n) is 20.2. The van der Waals surface area contributed by atoms with Gasteiger partial charge in [-0.25, -0.2) is 4.79 Å². The Hall–Kier alpha value is -2.33. The van der Waals surface area contributed by atoms with Crippen LogP contribution in [0, 0.1) is 0 Å². The van der Waals surface area contributed by atoms with Gasteiger partial charge >= 0.3 is 11.9 Å². The summed E-state index contributed by atoms with van der Waals surface area (Å²) in [5.74, 6) is -1.74. The van der Waals surface area contributed by atoms with Gasteiger partial charge in [-0.05, 0) is 6.42 Å². The quantitative estimate of drug-likeness (QED) is 0.107. The first-order valence-corrected chi connectivity index (χ1v) is 11.9. The van der Waals surface area contributed by atoms with E-state index in [4.69, 9.17) is 28.4 Å². The van der Waals surface area contributed by atoms with E-state index < -0.39 is 11.8 Å². The van der Waals surface area contributed by atoms with Gasteiger partial charge in [0.15, 0.2) is 0 Å². The normalized spacial score (nSPS) is 10.7. The Morgan fingerprint density at radius 2 is 1.12 bits per heavy atom. The Kier molecular flexibility index (Phi) is 18.5. The number of unbranched alkanes of at least 4 members (excludes halogenated alkanes) is 3. The van der Waals surface area contributed by atoms with Crippen LogP contribution in [0.2, 0.25) is 0 Å². The predicted molar refractivity (Wildman–Crippen MR) is 125 cm³/mol. The van der Waals surface area contributed by atoms with E-state index in [1.807, 2.05) is 0 Å². The summed E-state index contributed by atoms with van der Waals surface area (Å²) in [6, 6.07) is 8.24. The molecule has 0 unspecified atom stereocenters. The topological polar surface area (TPSA) is 107 Å². The van der Waals surface area contributed by atoms with Crippen LogP contribution in [0.15, 0.2) is 30.3 Å². The van der Waals surface area contributed by atoms with Crippen LogP contribution >= 0.6 is 0 Å². The van der Waals surface area contributed by atoms with Crippen molar-refractivity contribution in [2.75, 3.05) is 66.1 Å². The number of ketones is 1. The van der Waals surface area contributed by atoms with E-state index in [0.717, 1.165) is 25.7 Å².